The van der Waals surface area contributed by atoms with Crippen LogP contribution in [0.5, 0.6) is 11.5 Å². The average molecular weight is 436 g/mol. The van der Waals surface area contributed by atoms with Gasteiger partial charge in [-0.15, -0.1) is 11.3 Å². The number of hydrogen-bond acceptors (Lipinski definition) is 6. The predicted molar refractivity (Wildman–Crippen MR) is 118 cm³/mol. The van der Waals surface area contributed by atoms with E-state index in [4.69, 9.17) is 9.47 Å². The van der Waals surface area contributed by atoms with Crippen molar-refractivity contribution in [2.75, 3.05) is 23.8 Å². The van der Waals surface area contributed by atoms with Crippen molar-refractivity contribution in [2.45, 2.75) is 25.2 Å². The number of nitrogens with zero attached hydrogens (tertiary/aromatic N) is 1. The Kier molecular flexibility index (Phi) is 5.30. The van der Waals surface area contributed by atoms with Gasteiger partial charge in [-0.1, -0.05) is 18.2 Å². The van der Waals surface area contributed by atoms with Gasteiger partial charge in [0.2, 0.25) is 5.91 Å². The van der Waals surface area contributed by atoms with Crippen LogP contribution in [0.15, 0.2) is 48.5 Å². The minimum atomic E-state index is -0.351. The van der Waals surface area contributed by atoms with Gasteiger partial charge in [0, 0.05) is 22.2 Å². The first-order chi connectivity index (χ1) is 15.2. The normalized spacial score (nSPS) is 16.8. The molecule has 1 atom stereocenters. The maximum absolute atomic E-state index is 13.0. The SMILES string of the molecule is O=C(Nc1nc2c(s1)CCC[C@H]2C(=O)Nc1ccc2c(c1)OCCO2)c1ccccc1. The Labute approximate surface area is 183 Å². The second-order valence-electron chi connectivity index (χ2n) is 7.44. The fourth-order valence-electron chi connectivity index (χ4n) is 3.84. The van der Waals surface area contributed by atoms with Crippen LogP contribution in [0.1, 0.15) is 39.7 Å². The molecule has 2 heterocycles. The van der Waals surface area contributed by atoms with E-state index in [2.05, 4.69) is 15.6 Å². The highest BCUT2D eigenvalue weighted by atomic mass is 32.1. The van der Waals surface area contributed by atoms with Crippen LogP contribution in [-0.2, 0) is 11.2 Å². The van der Waals surface area contributed by atoms with Crippen LogP contribution in [0.3, 0.4) is 0 Å². The van der Waals surface area contributed by atoms with Crippen LogP contribution >= 0.6 is 11.3 Å². The van der Waals surface area contributed by atoms with E-state index >= 15 is 0 Å². The molecule has 0 spiro atoms. The number of hydrogen-bond donors (Lipinski definition) is 2. The Balaban J connectivity index is 1.32. The van der Waals surface area contributed by atoms with Gasteiger partial charge in [-0.2, -0.15) is 0 Å². The fraction of sp³-hybridized carbons (Fsp3) is 0.261. The summed E-state index contributed by atoms with van der Waals surface area (Å²) in [6.45, 7) is 1.02. The van der Waals surface area contributed by atoms with Crippen molar-refractivity contribution >= 4 is 34.0 Å². The maximum atomic E-state index is 13.0. The summed E-state index contributed by atoms with van der Waals surface area (Å²) in [5.41, 5.74) is 1.99. The lowest BCUT2D eigenvalue weighted by atomic mass is 9.90. The molecule has 8 heteroatoms. The number of carbonyl (C=O) groups is 2. The van der Waals surface area contributed by atoms with Crippen LogP contribution in [0.4, 0.5) is 10.8 Å². The van der Waals surface area contributed by atoms with E-state index < -0.39 is 0 Å². The maximum Gasteiger partial charge on any atom is 0.257 e. The van der Waals surface area contributed by atoms with Gasteiger partial charge in [0.25, 0.3) is 5.91 Å². The molecular weight excluding hydrogens is 414 g/mol. The number of anilines is 2. The minimum Gasteiger partial charge on any atom is -0.486 e. The summed E-state index contributed by atoms with van der Waals surface area (Å²) in [6, 6.07) is 14.4. The molecule has 1 aromatic heterocycles. The zero-order valence-electron chi connectivity index (χ0n) is 16.7. The number of aromatic nitrogens is 1. The van der Waals surface area contributed by atoms with Gasteiger partial charge in [-0.3, -0.25) is 14.9 Å². The van der Waals surface area contributed by atoms with E-state index in [1.807, 2.05) is 24.3 Å². The van der Waals surface area contributed by atoms with E-state index in [0.29, 0.717) is 41.1 Å². The van der Waals surface area contributed by atoms with Crippen molar-refractivity contribution in [1.82, 2.24) is 4.98 Å². The van der Waals surface area contributed by atoms with Crippen LogP contribution in [-0.4, -0.2) is 30.0 Å². The van der Waals surface area contributed by atoms with Gasteiger partial charge in [0.05, 0.1) is 11.6 Å². The van der Waals surface area contributed by atoms with Gasteiger partial charge >= 0.3 is 0 Å². The lowest BCUT2D eigenvalue weighted by Crippen LogP contribution is -2.25. The third-order valence-electron chi connectivity index (χ3n) is 5.34. The molecule has 2 aliphatic rings. The van der Waals surface area contributed by atoms with Gasteiger partial charge in [-0.05, 0) is 43.5 Å². The van der Waals surface area contributed by atoms with Crippen molar-refractivity contribution in [3.05, 3.63) is 64.7 Å². The summed E-state index contributed by atoms with van der Waals surface area (Å²) in [4.78, 5) is 31.2. The van der Waals surface area contributed by atoms with Crippen LogP contribution in [0.25, 0.3) is 0 Å². The molecule has 2 amide bonds. The monoisotopic (exact) mass is 435 g/mol. The topological polar surface area (TPSA) is 89.6 Å². The third-order valence-corrected chi connectivity index (χ3v) is 6.38. The number of aryl methyl sites for hydroxylation is 1. The fourth-order valence-corrected chi connectivity index (χ4v) is 4.90. The lowest BCUT2D eigenvalue weighted by Gasteiger charge is -2.22. The minimum absolute atomic E-state index is 0.108. The second kappa shape index (κ2) is 8.39. The number of ether oxygens (including phenoxy) is 2. The average Bonchev–Trinajstić information content (AvgIpc) is 3.22. The Morgan fingerprint density at radius 1 is 1.00 bits per heavy atom. The van der Waals surface area contributed by atoms with Crippen molar-refractivity contribution in [3.63, 3.8) is 0 Å². The molecule has 2 aromatic carbocycles. The van der Waals surface area contributed by atoms with Gasteiger partial charge in [-0.25, -0.2) is 4.98 Å². The molecule has 0 saturated heterocycles. The first kappa shape index (κ1) is 19.6. The predicted octanol–water partition coefficient (Wildman–Crippen LogP) is 4.23. The summed E-state index contributed by atoms with van der Waals surface area (Å²) < 4.78 is 11.1. The van der Waals surface area contributed by atoms with E-state index in [-0.39, 0.29) is 17.7 Å². The van der Waals surface area contributed by atoms with E-state index in [9.17, 15) is 9.59 Å². The Morgan fingerprint density at radius 2 is 1.81 bits per heavy atom. The summed E-state index contributed by atoms with van der Waals surface area (Å²) in [5, 5.41) is 6.37. The number of amides is 2. The molecule has 0 radical (unpaired) electrons. The molecule has 5 rings (SSSR count). The van der Waals surface area contributed by atoms with Crippen LogP contribution in [0, 0.1) is 0 Å². The molecule has 0 bridgehead atoms. The van der Waals surface area contributed by atoms with E-state index in [1.54, 1.807) is 24.3 Å². The van der Waals surface area contributed by atoms with E-state index in [0.717, 1.165) is 29.8 Å². The van der Waals surface area contributed by atoms with Crippen LogP contribution in [0.2, 0.25) is 0 Å². The standard InChI is InChI=1S/C23H21N3O4S/c27-21(14-5-2-1-3-6-14)26-23-25-20-16(7-4-8-19(20)31-23)22(28)24-15-9-10-17-18(13-15)30-12-11-29-17/h1-3,5-6,9-10,13,16H,4,7-8,11-12H2,(H,24,28)(H,25,26,27)/t16-/m1/s1. The first-order valence-corrected chi connectivity index (χ1v) is 11.1. The highest BCUT2D eigenvalue weighted by Crippen LogP contribution is 2.38. The number of thiazole rings is 1. The summed E-state index contributed by atoms with van der Waals surface area (Å²) in [5.74, 6) is 0.652. The zero-order chi connectivity index (χ0) is 21.2. The largest absolute Gasteiger partial charge is 0.486 e. The zero-order valence-corrected chi connectivity index (χ0v) is 17.5. The number of nitrogens with one attached hydrogen (secondary N) is 2. The van der Waals surface area contributed by atoms with Crippen molar-refractivity contribution in [2.24, 2.45) is 0 Å². The lowest BCUT2D eigenvalue weighted by molar-refractivity contribution is -0.117. The third kappa shape index (κ3) is 4.11. The Hall–Kier alpha value is -3.39. The smallest absolute Gasteiger partial charge is 0.257 e. The molecule has 158 valence electrons. The first-order valence-electron chi connectivity index (χ1n) is 10.2. The van der Waals surface area contributed by atoms with Gasteiger partial charge in [0.1, 0.15) is 13.2 Å². The number of rotatable bonds is 4. The van der Waals surface area contributed by atoms with Crippen molar-refractivity contribution in [1.29, 1.82) is 0 Å². The quantitative estimate of drug-likeness (QED) is 0.640. The molecule has 0 unspecified atom stereocenters. The van der Waals surface area contributed by atoms with Gasteiger partial charge in [0.15, 0.2) is 16.6 Å². The Morgan fingerprint density at radius 3 is 2.65 bits per heavy atom. The van der Waals surface area contributed by atoms with E-state index in [1.165, 1.54) is 11.3 Å². The molecule has 1 aliphatic carbocycles. The highest BCUT2D eigenvalue weighted by molar-refractivity contribution is 7.16. The van der Waals surface area contributed by atoms with Gasteiger partial charge < -0.3 is 14.8 Å². The molecular formula is C23H21N3O4S. The van der Waals surface area contributed by atoms with Crippen molar-refractivity contribution < 1.29 is 19.1 Å². The molecule has 2 N–H and O–H groups in total. The number of benzene rings is 2. The summed E-state index contributed by atoms with van der Waals surface area (Å²) >= 11 is 1.44. The summed E-state index contributed by atoms with van der Waals surface area (Å²) in [6.07, 6.45) is 2.49. The summed E-state index contributed by atoms with van der Waals surface area (Å²) in [7, 11) is 0. The molecule has 1 aliphatic heterocycles. The molecule has 3 aromatic rings. The highest BCUT2D eigenvalue weighted by Gasteiger charge is 2.31. The van der Waals surface area contributed by atoms with Crippen molar-refractivity contribution in [3.8, 4) is 11.5 Å². The Bertz CT molecular complexity index is 1130. The molecule has 7 nitrogen and oxygen atoms in total. The number of carbonyl (C=O) groups excluding carboxylic acids is 2. The number of fused-ring (bicyclic) bond motifs is 2. The molecule has 31 heavy (non-hydrogen) atoms. The molecule has 0 fully saturated rings. The van der Waals surface area contributed by atoms with Crippen LogP contribution < -0.4 is 20.1 Å². The second-order valence-corrected chi connectivity index (χ2v) is 8.52. The molecule has 0 saturated carbocycles.